The maximum atomic E-state index is 12.8. The van der Waals surface area contributed by atoms with Crippen LogP contribution in [0.3, 0.4) is 0 Å². The van der Waals surface area contributed by atoms with Gasteiger partial charge in [-0.1, -0.05) is 23.8 Å². The zero-order valence-electron chi connectivity index (χ0n) is 14.5. The van der Waals surface area contributed by atoms with Gasteiger partial charge in [0.2, 0.25) is 5.88 Å². The van der Waals surface area contributed by atoms with Gasteiger partial charge >= 0.3 is 6.18 Å². The molecule has 0 radical (unpaired) electrons. The van der Waals surface area contributed by atoms with Crippen molar-refractivity contribution >= 4 is 6.08 Å². The number of halogens is 3. The number of rotatable bonds is 3. The van der Waals surface area contributed by atoms with Crippen LogP contribution in [0.4, 0.5) is 13.2 Å². The molecule has 0 aliphatic heterocycles. The predicted molar refractivity (Wildman–Crippen MR) is 94.9 cm³/mol. The summed E-state index contributed by atoms with van der Waals surface area (Å²) in [6.07, 6.45) is 1.30. The minimum absolute atomic E-state index is 0.0620. The van der Waals surface area contributed by atoms with Crippen LogP contribution in [-0.4, -0.2) is 11.0 Å². The fraction of sp³-hybridized carbons (Fsp3) is 0.300. The van der Waals surface area contributed by atoms with Gasteiger partial charge in [-0.15, -0.1) is 0 Å². The van der Waals surface area contributed by atoms with Gasteiger partial charge in [0.05, 0.1) is 5.56 Å². The molecule has 0 unspecified atom stereocenters. The van der Waals surface area contributed by atoms with Crippen molar-refractivity contribution < 1.29 is 17.9 Å². The highest BCUT2D eigenvalue weighted by atomic mass is 19.4. The van der Waals surface area contributed by atoms with Crippen molar-refractivity contribution in [2.45, 2.75) is 37.9 Å². The number of ether oxygens (including phenoxy) is 1. The summed E-state index contributed by atoms with van der Waals surface area (Å²) in [6.45, 7) is 0. The summed E-state index contributed by atoms with van der Waals surface area (Å²) in [5.74, 6) is 0.376. The van der Waals surface area contributed by atoms with Gasteiger partial charge in [0.1, 0.15) is 11.8 Å². The van der Waals surface area contributed by atoms with Crippen LogP contribution in [0, 0.1) is 11.3 Å². The molecule has 1 aromatic carbocycles. The van der Waals surface area contributed by atoms with Crippen molar-refractivity contribution in [1.82, 2.24) is 4.98 Å². The summed E-state index contributed by atoms with van der Waals surface area (Å²) in [7, 11) is 0. The minimum atomic E-state index is -4.63. The van der Waals surface area contributed by atoms with Gasteiger partial charge in [-0.2, -0.15) is 18.4 Å². The van der Waals surface area contributed by atoms with Crippen molar-refractivity contribution in [3.8, 4) is 17.7 Å². The molecule has 2 N–H and O–H groups in total. The highest BCUT2D eigenvalue weighted by Gasteiger charge is 2.34. The molecular weight excluding hydrogens is 355 g/mol. The van der Waals surface area contributed by atoms with E-state index >= 15 is 0 Å². The number of hydrogen-bond acceptors (Lipinski definition) is 4. The zero-order valence-corrected chi connectivity index (χ0v) is 14.5. The van der Waals surface area contributed by atoms with Crippen molar-refractivity contribution in [3.63, 3.8) is 0 Å². The summed E-state index contributed by atoms with van der Waals surface area (Å²) in [5, 5.41) is 8.93. The fourth-order valence-electron chi connectivity index (χ4n) is 2.99. The number of alkyl halides is 3. The number of nitrogens with zero attached hydrogens (tertiary/aromatic N) is 2. The smallest absolute Gasteiger partial charge is 0.419 e. The normalized spacial score (nSPS) is 17.3. The standard InChI is InChI=1S/C20H18F3N3O/c21-20(22,23)17-8-9-19(26-18(17)12-24)27-16-3-1-2-14(11-16)10-13-4-6-15(25)7-5-13/h1-3,8-11,15H,4-7,25H2. The Hall–Kier alpha value is -2.85. The van der Waals surface area contributed by atoms with Gasteiger partial charge in [0.25, 0.3) is 0 Å². The Balaban J connectivity index is 1.79. The fourth-order valence-corrected chi connectivity index (χ4v) is 2.99. The predicted octanol–water partition coefficient (Wildman–Crippen LogP) is 5.05. The highest BCUT2D eigenvalue weighted by molar-refractivity contribution is 5.55. The number of benzene rings is 1. The van der Waals surface area contributed by atoms with E-state index in [4.69, 9.17) is 15.7 Å². The summed E-state index contributed by atoms with van der Waals surface area (Å²) in [4.78, 5) is 3.67. The van der Waals surface area contributed by atoms with Crippen molar-refractivity contribution in [1.29, 1.82) is 5.26 Å². The molecule has 0 bridgehead atoms. The maximum Gasteiger partial charge on any atom is 0.419 e. The van der Waals surface area contributed by atoms with Gasteiger partial charge < -0.3 is 10.5 Å². The van der Waals surface area contributed by atoms with Crippen LogP contribution in [0.5, 0.6) is 11.6 Å². The van der Waals surface area contributed by atoms with Gasteiger partial charge in [-0.3, -0.25) is 0 Å². The van der Waals surface area contributed by atoms with E-state index in [1.54, 1.807) is 18.2 Å². The second-order valence-electron chi connectivity index (χ2n) is 6.47. The van der Waals surface area contributed by atoms with Crippen molar-refractivity contribution in [2.75, 3.05) is 0 Å². The molecule has 0 atom stereocenters. The molecule has 2 aromatic rings. The van der Waals surface area contributed by atoms with Crippen molar-refractivity contribution in [3.05, 3.63) is 58.8 Å². The first-order valence-corrected chi connectivity index (χ1v) is 8.56. The lowest BCUT2D eigenvalue weighted by atomic mass is 9.90. The van der Waals surface area contributed by atoms with Crippen LogP contribution in [0.15, 0.2) is 42.0 Å². The zero-order chi connectivity index (χ0) is 19.4. The average Bonchev–Trinajstić information content (AvgIpc) is 2.63. The summed E-state index contributed by atoms with van der Waals surface area (Å²) < 4.78 is 44.1. The number of pyridine rings is 1. The van der Waals surface area contributed by atoms with E-state index in [2.05, 4.69) is 11.1 Å². The van der Waals surface area contributed by atoms with Gasteiger partial charge in [0.15, 0.2) is 5.69 Å². The van der Waals surface area contributed by atoms with Crippen molar-refractivity contribution in [2.24, 2.45) is 5.73 Å². The van der Waals surface area contributed by atoms with Crippen LogP contribution in [-0.2, 0) is 6.18 Å². The minimum Gasteiger partial charge on any atom is -0.439 e. The van der Waals surface area contributed by atoms with Gasteiger partial charge in [-0.25, -0.2) is 4.98 Å². The largest absolute Gasteiger partial charge is 0.439 e. The van der Waals surface area contributed by atoms with Crippen LogP contribution in [0.25, 0.3) is 6.08 Å². The Kier molecular flexibility index (Phi) is 5.47. The Morgan fingerprint density at radius 1 is 1.19 bits per heavy atom. The van der Waals surface area contributed by atoms with Crippen LogP contribution >= 0.6 is 0 Å². The molecule has 4 nitrogen and oxygen atoms in total. The Labute approximate surface area is 155 Å². The summed E-state index contributed by atoms with van der Waals surface area (Å²) in [6, 6.07) is 10.8. The van der Waals surface area contributed by atoms with E-state index in [9.17, 15) is 13.2 Å². The Morgan fingerprint density at radius 3 is 2.59 bits per heavy atom. The first-order valence-electron chi connectivity index (χ1n) is 8.56. The van der Waals surface area contributed by atoms with Crippen LogP contribution in [0.2, 0.25) is 0 Å². The molecule has 1 aliphatic rings. The molecule has 1 heterocycles. The number of hydrogen-bond donors (Lipinski definition) is 1. The van der Waals surface area contributed by atoms with E-state index in [0.717, 1.165) is 43.4 Å². The molecule has 27 heavy (non-hydrogen) atoms. The molecule has 1 fully saturated rings. The lowest BCUT2D eigenvalue weighted by Gasteiger charge is -2.20. The highest BCUT2D eigenvalue weighted by Crippen LogP contribution is 2.33. The Bertz CT molecular complexity index is 890. The van der Waals surface area contributed by atoms with E-state index in [-0.39, 0.29) is 11.9 Å². The van der Waals surface area contributed by atoms with E-state index in [1.165, 1.54) is 11.6 Å². The first kappa shape index (κ1) is 18.9. The molecule has 1 aliphatic carbocycles. The third kappa shape index (κ3) is 4.86. The SMILES string of the molecule is N#Cc1nc(Oc2cccc(C=C3CCC(N)CC3)c2)ccc1C(F)(F)F. The Morgan fingerprint density at radius 2 is 1.93 bits per heavy atom. The topological polar surface area (TPSA) is 71.9 Å². The van der Waals surface area contributed by atoms with E-state index in [1.807, 2.05) is 6.07 Å². The van der Waals surface area contributed by atoms with Crippen LogP contribution in [0.1, 0.15) is 42.5 Å². The lowest BCUT2D eigenvalue weighted by molar-refractivity contribution is -0.138. The molecule has 140 valence electrons. The third-order valence-electron chi connectivity index (χ3n) is 4.40. The molecule has 3 rings (SSSR count). The van der Waals surface area contributed by atoms with Crippen LogP contribution < -0.4 is 10.5 Å². The van der Waals surface area contributed by atoms with E-state index in [0.29, 0.717) is 5.75 Å². The molecule has 1 saturated carbocycles. The number of allylic oxidation sites excluding steroid dienone is 1. The summed E-state index contributed by atoms with van der Waals surface area (Å²) in [5.41, 5.74) is 6.37. The molecule has 0 saturated heterocycles. The first-order chi connectivity index (χ1) is 12.8. The quantitative estimate of drug-likeness (QED) is 0.817. The molecule has 0 spiro atoms. The summed E-state index contributed by atoms with van der Waals surface area (Å²) >= 11 is 0. The molecular formula is C20H18F3N3O. The lowest BCUT2D eigenvalue weighted by Crippen LogP contribution is -2.23. The molecule has 1 aromatic heterocycles. The molecule has 0 amide bonds. The van der Waals surface area contributed by atoms with Gasteiger partial charge in [0, 0.05) is 12.1 Å². The second kappa shape index (κ2) is 7.80. The average molecular weight is 373 g/mol. The second-order valence-corrected chi connectivity index (χ2v) is 6.47. The van der Waals surface area contributed by atoms with Gasteiger partial charge in [-0.05, 0) is 49.4 Å². The maximum absolute atomic E-state index is 12.8. The number of aromatic nitrogens is 1. The third-order valence-corrected chi connectivity index (χ3v) is 4.40. The number of nitrogens with two attached hydrogens (primary N) is 1. The molecule has 7 heteroatoms. The monoisotopic (exact) mass is 373 g/mol. The van der Waals surface area contributed by atoms with E-state index < -0.39 is 17.4 Å². The number of nitriles is 1.